The molecule has 0 bridgehead atoms. The molecular formula is C6H12NO2P. The zero-order valence-electron chi connectivity index (χ0n) is 6.26. The quantitative estimate of drug-likeness (QED) is 0.626. The second kappa shape index (κ2) is 5.36. The Kier molecular flexibility index (Phi) is 5.13. The molecule has 0 aliphatic rings. The highest BCUT2D eigenvalue weighted by atomic mass is 31.1. The highest BCUT2D eigenvalue weighted by Gasteiger charge is 1.99. The zero-order valence-corrected chi connectivity index (χ0v) is 7.15. The third-order valence-corrected chi connectivity index (χ3v) is 1.33. The molecule has 0 fully saturated rings. The molecule has 0 aliphatic heterocycles. The molecule has 58 valence electrons. The predicted molar refractivity (Wildman–Crippen MR) is 40.3 cm³/mol. The molecule has 0 atom stereocenters. The first-order valence-corrected chi connectivity index (χ1v) is 4.22. The van der Waals surface area contributed by atoms with Crippen LogP contribution in [0.4, 0.5) is 0 Å². The molecule has 0 saturated heterocycles. The highest BCUT2D eigenvalue weighted by molar-refractivity contribution is 7.25. The first-order valence-electron chi connectivity index (χ1n) is 3.22. The van der Waals surface area contributed by atoms with E-state index in [9.17, 15) is 9.36 Å². The summed E-state index contributed by atoms with van der Waals surface area (Å²) in [4.78, 5) is 10.6. The van der Waals surface area contributed by atoms with Crippen molar-refractivity contribution in [1.82, 2.24) is 5.32 Å². The van der Waals surface area contributed by atoms with Crippen LogP contribution in [0.5, 0.6) is 0 Å². The first-order chi connectivity index (χ1) is 4.66. The molecule has 0 heterocycles. The van der Waals surface area contributed by atoms with Gasteiger partial charge in [-0.1, -0.05) is 13.8 Å². The van der Waals surface area contributed by atoms with Gasteiger partial charge in [0.1, 0.15) is 6.16 Å². The van der Waals surface area contributed by atoms with Crippen molar-refractivity contribution < 1.29 is 9.36 Å². The number of nitrogens with one attached hydrogen (secondary N) is 1. The molecule has 0 aromatic heterocycles. The molecule has 0 radical (unpaired) electrons. The van der Waals surface area contributed by atoms with E-state index in [1.165, 1.54) is 0 Å². The molecule has 1 N–H and O–H groups in total. The minimum atomic E-state index is -0.148. The lowest BCUT2D eigenvalue weighted by Crippen LogP contribution is -2.28. The molecule has 0 spiro atoms. The van der Waals surface area contributed by atoms with Crippen molar-refractivity contribution in [2.75, 3.05) is 12.7 Å². The molecule has 0 aromatic rings. The summed E-state index contributed by atoms with van der Waals surface area (Å²) in [6.07, 6.45) is 0.0761. The fourth-order valence-electron chi connectivity index (χ4n) is 0.432. The Bertz CT molecular complexity index is 125. The van der Waals surface area contributed by atoms with Crippen molar-refractivity contribution in [2.24, 2.45) is 5.92 Å². The Labute approximate surface area is 62.4 Å². The third kappa shape index (κ3) is 5.70. The van der Waals surface area contributed by atoms with Gasteiger partial charge in [0.2, 0.25) is 5.91 Å². The van der Waals surface area contributed by atoms with Crippen LogP contribution in [-0.2, 0) is 9.36 Å². The molecule has 0 rings (SSSR count). The van der Waals surface area contributed by atoms with Crippen LogP contribution in [-0.4, -0.2) is 18.6 Å². The van der Waals surface area contributed by atoms with Crippen LogP contribution in [0.1, 0.15) is 13.8 Å². The van der Waals surface area contributed by atoms with Gasteiger partial charge < -0.3 is 5.32 Å². The molecule has 0 unspecified atom stereocenters. The van der Waals surface area contributed by atoms with E-state index in [1.807, 2.05) is 13.8 Å². The number of amides is 1. The van der Waals surface area contributed by atoms with Gasteiger partial charge in [-0.2, -0.15) is 0 Å². The fourth-order valence-corrected chi connectivity index (χ4v) is 0.662. The molecule has 1 amide bonds. The highest BCUT2D eigenvalue weighted by Crippen LogP contribution is 1.91. The van der Waals surface area contributed by atoms with Crippen LogP contribution >= 0.6 is 8.46 Å². The van der Waals surface area contributed by atoms with Crippen LogP contribution in [0.15, 0.2) is 0 Å². The van der Waals surface area contributed by atoms with Gasteiger partial charge >= 0.3 is 0 Å². The largest absolute Gasteiger partial charge is 0.355 e. The molecule has 0 saturated carbocycles. The van der Waals surface area contributed by atoms with Crippen molar-refractivity contribution in [1.29, 1.82) is 0 Å². The Morgan fingerprint density at radius 1 is 1.60 bits per heavy atom. The monoisotopic (exact) mass is 161 g/mol. The molecule has 0 aromatic carbocycles. The van der Waals surface area contributed by atoms with Gasteiger partial charge in [-0.3, -0.25) is 9.36 Å². The lowest BCUT2D eigenvalue weighted by molar-refractivity contribution is -0.118. The van der Waals surface area contributed by atoms with Crippen LogP contribution in [0, 0.1) is 5.92 Å². The van der Waals surface area contributed by atoms with Crippen molar-refractivity contribution in [3.8, 4) is 0 Å². The minimum Gasteiger partial charge on any atom is -0.355 e. The van der Waals surface area contributed by atoms with Crippen molar-refractivity contribution in [3.63, 3.8) is 0 Å². The van der Waals surface area contributed by atoms with Gasteiger partial charge in [0.15, 0.2) is 8.46 Å². The Balaban J connectivity index is 3.30. The van der Waals surface area contributed by atoms with Crippen LogP contribution in [0.2, 0.25) is 0 Å². The van der Waals surface area contributed by atoms with Crippen LogP contribution in [0.25, 0.3) is 0 Å². The summed E-state index contributed by atoms with van der Waals surface area (Å²) in [6, 6.07) is 0. The smallest absolute Gasteiger partial charge is 0.231 e. The predicted octanol–water partition coefficient (Wildman–Crippen LogP) is 1.05. The lowest BCUT2D eigenvalue weighted by Gasteiger charge is -2.04. The molecule has 3 nitrogen and oxygen atoms in total. The van der Waals surface area contributed by atoms with Gasteiger partial charge in [0.05, 0.1) is 0 Å². The number of rotatable bonds is 4. The number of carbonyl (C=O) groups is 1. The maximum absolute atomic E-state index is 10.6. The Hall–Kier alpha value is -0.430. The maximum Gasteiger partial charge on any atom is 0.231 e. The number of hydrogen-bond acceptors (Lipinski definition) is 2. The SMILES string of the molecule is CC(C)CNC(=O)CP=O. The molecule has 4 heteroatoms. The minimum absolute atomic E-state index is 0.0761. The standard InChI is InChI=1S/C6H12NO2P/c1-5(2)3-7-6(8)4-10-9/h5H,3-4H2,1-2H3,(H,7,8). The summed E-state index contributed by atoms with van der Waals surface area (Å²) < 4.78 is 9.90. The summed E-state index contributed by atoms with van der Waals surface area (Å²) >= 11 is 0. The molecule has 10 heavy (non-hydrogen) atoms. The average Bonchev–Trinajstić information content (AvgIpc) is 1.85. The molecular weight excluding hydrogens is 149 g/mol. The average molecular weight is 161 g/mol. The van der Waals surface area contributed by atoms with E-state index in [1.54, 1.807) is 0 Å². The van der Waals surface area contributed by atoms with Crippen LogP contribution < -0.4 is 5.32 Å². The topological polar surface area (TPSA) is 46.2 Å². The number of carbonyl (C=O) groups excluding carboxylic acids is 1. The van der Waals surface area contributed by atoms with Gasteiger partial charge in [-0.15, -0.1) is 0 Å². The summed E-state index contributed by atoms with van der Waals surface area (Å²) in [5, 5.41) is 2.64. The van der Waals surface area contributed by atoms with E-state index in [0.29, 0.717) is 12.5 Å². The van der Waals surface area contributed by atoms with E-state index < -0.39 is 0 Å². The van der Waals surface area contributed by atoms with Crippen LogP contribution in [0.3, 0.4) is 0 Å². The van der Waals surface area contributed by atoms with E-state index in [2.05, 4.69) is 5.32 Å². The van der Waals surface area contributed by atoms with Gasteiger partial charge in [-0.25, -0.2) is 0 Å². The van der Waals surface area contributed by atoms with Crippen molar-refractivity contribution in [3.05, 3.63) is 0 Å². The maximum atomic E-state index is 10.6. The summed E-state index contributed by atoms with van der Waals surface area (Å²) in [5.41, 5.74) is 0. The summed E-state index contributed by atoms with van der Waals surface area (Å²) in [7, 11) is -0.111. The van der Waals surface area contributed by atoms with E-state index in [4.69, 9.17) is 0 Å². The third-order valence-electron chi connectivity index (χ3n) is 0.916. The summed E-state index contributed by atoms with van der Waals surface area (Å²) in [6.45, 7) is 4.68. The lowest BCUT2D eigenvalue weighted by atomic mass is 10.2. The molecule has 0 aliphatic carbocycles. The Morgan fingerprint density at radius 3 is 2.60 bits per heavy atom. The summed E-state index contributed by atoms with van der Waals surface area (Å²) in [5.74, 6) is 0.303. The Morgan fingerprint density at radius 2 is 2.20 bits per heavy atom. The van der Waals surface area contributed by atoms with Crippen molar-refractivity contribution >= 4 is 14.4 Å². The fraction of sp³-hybridized carbons (Fsp3) is 0.833. The van der Waals surface area contributed by atoms with Gasteiger partial charge in [-0.05, 0) is 5.92 Å². The normalized spacial score (nSPS) is 10.3. The second-order valence-electron chi connectivity index (χ2n) is 2.49. The second-order valence-corrected chi connectivity index (χ2v) is 3.06. The van der Waals surface area contributed by atoms with E-state index in [-0.39, 0.29) is 20.5 Å². The van der Waals surface area contributed by atoms with E-state index in [0.717, 1.165) is 0 Å². The van der Waals surface area contributed by atoms with E-state index >= 15 is 0 Å². The van der Waals surface area contributed by atoms with Gasteiger partial charge in [0.25, 0.3) is 0 Å². The number of hydrogen-bond donors (Lipinski definition) is 1. The zero-order chi connectivity index (χ0) is 7.98. The van der Waals surface area contributed by atoms with Crippen molar-refractivity contribution in [2.45, 2.75) is 13.8 Å². The van der Waals surface area contributed by atoms with Gasteiger partial charge in [0, 0.05) is 6.54 Å². The first kappa shape index (κ1) is 9.57.